The van der Waals surface area contributed by atoms with Gasteiger partial charge in [-0.1, -0.05) is 72.8 Å². The number of rotatable bonds is 0. The summed E-state index contributed by atoms with van der Waals surface area (Å²) < 4.78 is 0. The Morgan fingerprint density at radius 1 is 0.500 bits per heavy atom. The van der Waals surface area contributed by atoms with Gasteiger partial charge in [-0.25, -0.2) is 0 Å². The number of fused-ring (bicyclic) bond motifs is 8. The molecule has 4 aromatic rings. The van der Waals surface area contributed by atoms with Crippen molar-refractivity contribution in [2.45, 2.75) is 72.8 Å². The van der Waals surface area contributed by atoms with Gasteiger partial charge in [0.15, 0.2) is 11.6 Å². The second kappa shape index (κ2) is 6.11. The van der Waals surface area contributed by atoms with Gasteiger partial charge in [0, 0.05) is 60.7 Å². The van der Waals surface area contributed by atoms with Crippen LogP contribution >= 0.6 is 0 Å². The minimum atomic E-state index is -0.102. The Bertz CT molecular complexity index is 1680. The maximum Gasteiger partial charge on any atom is 0.152 e. The molecule has 11 rings (SSSR count). The van der Waals surface area contributed by atoms with Crippen molar-refractivity contribution in [2.24, 2.45) is 0 Å². The van der Waals surface area contributed by atoms with E-state index in [0.29, 0.717) is 48.3 Å². The molecule has 5 saturated heterocycles. The molecule has 4 nitrogen and oxygen atoms in total. The average Bonchev–Trinajstić information content (AvgIpc) is 3.61. The largest absolute Gasteiger partial charge is 0.298 e. The summed E-state index contributed by atoms with van der Waals surface area (Å²) in [5.74, 6) is 1.91. The van der Waals surface area contributed by atoms with E-state index in [1.807, 2.05) is 0 Å². The summed E-state index contributed by atoms with van der Waals surface area (Å²) in [4.78, 5) is 33.4. The number of benzene rings is 4. The maximum absolute atomic E-state index is 14.1. The highest BCUT2D eigenvalue weighted by Crippen LogP contribution is 2.68. The van der Waals surface area contributed by atoms with Crippen molar-refractivity contribution >= 4 is 33.1 Å². The van der Waals surface area contributed by atoms with Gasteiger partial charge in [0.25, 0.3) is 0 Å². The Hall–Kier alpha value is -3.34. The quantitative estimate of drug-likeness (QED) is 0.350. The van der Waals surface area contributed by atoms with Crippen LogP contribution in [0, 0.1) is 0 Å². The summed E-state index contributed by atoms with van der Waals surface area (Å²) in [5.41, 5.74) is 5.62. The molecule has 8 bridgehead atoms. The Morgan fingerprint density at radius 3 is 1.26 bits per heavy atom. The van der Waals surface area contributed by atoms with Crippen molar-refractivity contribution in [3.63, 3.8) is 0 Å². The Morgan fingerprint density at radius 2 is 0.868 bits per heavy atom. The average molecular weight is 495 g/mol. The first kappa shape index (κ1) is 19.7. The molecular weight excluding hydrogens is 468 g/mol. The molecule has 2 aliphatic carbocycles. The van der Waals surface area contributed by atoms with Crippen molar-refractivity contribution in [1.82, 2.24) is 9.80 Å². The van der Waals surface area contributed by atoms with E-state index in [4.69, 9.17) is 0 Å². The number of Topliss-reactive ketones (excluding diaryl/α,β-unsaturated/α-hetero) is 2. The van der Waals surface area contributed by atoms with E-state index in [0.717, 1.165) is 0 Å². The lowest BCUT2D eigenvalue weighted by atomic mass is 9.76. The predicted octanol–water partition coefficient (Wildman–Crippen LogP) is 4.86. The van der Waals surface area contributed by atoms with E-state index in [-0.39, 0.29) is 36.0 Å². The Kier molecular flexibility index (Phi) is 3.17. The number of hydrogen-bond acceptors (Lipinski definition) is 4. The summed E-state index contributed by atoms with van der Waals surface area (Å²) in [6.07, 6.45) is 1.19. The van der Waals surface area contributed by atoms with Gasteiger partial charge in [-0.15, -0.1) is 0 Å². The van der Waals surface area contributed by atoms with E-state index >= 15 is 0 Å². The van der Waals surface area contributed by atoms with Crippen molar-refractivity contribution in [3.8, 4) is 0 Å². The van der Waals surface area contributed by atoms with Gasteiger partial charge in [-0.3, -0.25) is 19.4 Å². The molecule has 0 radical (unpaired) electrons. The summed E-state index contributed by atoms with van der Waals surface area (Å²) in [6, 6.07) is 27.5. The second-order valence-electron chi connectivity index (χ2n) is 12.9. The van der Waals surface area contributed by atoms with Crippen LogP contribution < -0.4 is 0 Å². The number of piperazine rings is 1. The lowest BCUT2D eigenvalue weighted by Crippen LogP contribution is -2.76. The van der Waals surface area contributed by atoms with Crippen LogP contribution in [-0.2, 0) is 9.59 Å². The molecule has 4 aromatic carbocycles. The fourth-order valence-electron chi connectivity index (χ4n) is 11.2. The van der Waals surface area contributed by atoms with Crippen molar-refractivity contribution in [3.05, 3.63) is 95.1 Å². The number of hydrogen-bond donors (Lipinski definition) is 0. The molecule has 5 fully saturated rings. The van der Waals surface area contributed by atoms with Gasteiger partial charge >= 0.3 is 0 Å². The molecule has 5 heterocycles. The third kappa shape index (κ3) is 1.86. The first-order valence-corrected chi connectivity index (χ1v) is 14.4. The van der Waals surface area contributed by atoms with E-state index in [2.05, 4.69) is 82.6 Å². The number of piperidine rings is 2. The van der Waals surface area contributed by atoms with E-state index < -0.39 is 0 Å². The Balaban J connectivity index is 1.15. The highest BCUT2D eigenvalue weighted by Gasteiger charge is 2.74. The molecule has 5 aliphatic heterocycles. The van der Waals surface area contributed by atoms with Gasteiger partial charge < -0.3 is 0 Å². The lowest BCUT2D eigenvalue weighted by Gasteiger charge is -2.60. The number of carbonyl (C=O) groups excluding carboxylic acids is 2. The zero-order chi connectivity index (χ0) is 24.6. The fraction of sp³-hybridized carbons (Fsp3) is 0.353. The van der Waals surface area contributed by atoms with Gasteiger partial charge in [0.1, 0.15) is 0 Å². The minimum Gasteiger partial charge on any atom is -0.298 e. The normalized spacial score (nSPS) is 43.7. The zero-order valence-corrected chi connectivity index (χ0v) is 20.8. The first-order chi connectivity index (χ1) is 18.7. The van der Waals surface area contributed by atoms with Crippen LogP contribution in [0.15, 0.2) is 72.8 Å². The molecule has 0 N–H and O–H groups in total. The maximum atomic E-state index is 14.1. The Labute approximate surface area is 220 Å². The molecule has 0 saturated carbocycles. The van der Waals surface area contributed by atoms with Gasteiger partial charge in [-0.2, -0.15) is 0 Å². The van der Waals surface area contributed by atoms with Gasteiger partial charge in [-0.05, 0) is 43.8 Å². The highest BCUT2D eigenvalue weighted by atomic mass is 16.1. The topological polar surface area (TPSA) is 40.6 Å². The first-order valence-electron chi connectivity index (χ1n) is 14.4. The molecular formula is C34H26N2O2. The number of nitrogens with zero attached hydrogens (tertiary/aromatic N) is 2. The van der Waals surface area contributed by atoms with Crippen LogP contribution in [-0.4, -0.2) is 57.6 Å². The smallest absolute Gasteiger partial charge is 0.152 e. The SMILES string of the molecule is O=C1CC2[C@H]3[C@@H]4c5cccc6cccc(c56)[C@@H]4[C@@H]1N3C1CC(=O)[C@H]3[C@@H]4c5cccc6cccc(c56)[C@@H]4[C@@H]1N23. The summed E-state index contributed by atoms with van der Waals surface area (Å²) in [7, 11) is 0. The monoisotopic (exact) mass is 494 g/mol. The third-order valence-corrected chi connectivity index (χ3v) is 11.9. The summed E-state index contributed by atoms with van der Waals surface area (Å²) in [6.45, 7) is 0. The fourth-order valence-corrected chi connectivity index (χ4v) is 11.2. The molecule has 0 aromatic heterocycles. The molecule has 7 aliphatic rings. The predicted molar refractivity (Wildman–Crippen MR) is 145 cm³/mol. The molecule has 4 unspecified atom stereocenters. The summed E-state index contributed by atoms with van der Waals surface area (Å²) in [5, 5.41) is 5.39. The van der Waals surface area contributed by atoms with E-state index in [1.54, 1.807) is 0 Å². The summed E-state index contributed by atoms with van der Waals surface area (Å²) >= 11 is 0. The second-order valence-corrected chi connectivity index (χ2v) is 12.9. The van der Waals surface area contributed by atoms with Crippen LogP contribution in [0.1, 0.15) is 58.8 Å². The third-order valence-electron chi connectivity index (χ3n) is 11.9. The van der Waals surface area contributed by atoms with Crippen LogP contribution in [0.5, 0.6) is 0 Å². The molecule has 38 heavy (non-hydrogen) atoms. The van der Waals surface area contributed by atoms with Crippen LogP contribution in [0.3, 0.4) is 0 Å². The molecule has 0 spiro atoms. The molecule has 4 heteroatoms. The number of ketones is 2. The molecule has 12 atom stereocenters. The van der Waals surface area contributed by atoms with Gasteiger partial charge in [0.05, 0.1) is 12.1 Å². The molecule has 0 amide bonds. The molecule has 184 valence electrons. The van der Waals surface area contributed by atoms with Gasteiger partial charge in [0.2, 0.25) is 0 Å². The highest BCUT2D eigenvalue weighted by molar-refractivity contribution is 5.99. The van der Waals surface area contributed by atoms with E-state index in [1.165, 1.54) is 43.8 Å². The lowest BCUT2D eigenvalue weighted by molar-refractivity contribution is -0.160. The van der Waals surface area contributed by atoms with Crippen molar-refractivity contribution in [1.29, 1.82) is 0 Å². The standard InChI is InChI=1S/C34H26N2O2/c37-23-13-21-31-27-17-9-1-5-15-7-3-11-19(25(15)17)29(27)33(23)35(31)22-14-24(38)34-30-20-12-4-8-16-6-2-10-18(26(16)20)28(30)32(22)36(21)34/h1-12,21-22,27-34H,13-14H2/t21?,22?,27-,28+,29+,30-,31+,32-,33-,34+. The van der Waals surface area contributed by atoms with Crippen LogP contribution in [0.4, 0.5) is 0 Å². The minimum absolute atomic E-state index is 0.102. The van der Waals surface area contributed by atoms with E-state index in [9.17, 15) is 9.59 Å². The zero-order valence-electron chi connectivity index (χ0n) is 20.8. The number of carbonyl (C=O) groups is 2. The van der Waals surface area contributed by atoms with Crippen molar-refractivity contribution < 1.29 is 9.59 Å². The van der Waals surface area contributed by atoms with Crippen LogP contribution in [0.2, 0.25) is 0 Å². The van der Waals surface area contributed by atoms with Crippen LogP contribution in [0.25, 0.3) is 21.5 Å². The van der Waals surface area contributed by atoms with Crippen molar-refractivity contribution in [2.75, 3.05) is 0 Å².